The van der Waals surface area contributed by atoms with Crippen LogP contribution in [0.5, 0.6) is 0 Å². The summed E-state index contributed by atoms with van der Waals surface area (Å²) in [5, 5.41) is 3.08. The molecule has 1 aromatic carbocycles. The van der Waals surface area contributed by atoms with E-state index >= 15 is 0 Å². The number of halogens is 1. The Morgan fingerprint density at radius 2 is 1.96 bits per heavy atom. The molecule has 6 heteroatoms. The molecule has 0 saturated carbocycles. The summed E-state index contributed by atoms with van der Waals surface area (Å²) in [6, 6.07) is 9.35. The van der Waals surface area contributed by atoms with E-state index in [1.54, 1.807) is 6.92 Å². The number of hydrogen-bond donors (Lipinski definition) is 1. The lowest BCUT2D eigenvalue weighted by atomic mass is 9.86. The Hall–Kier alpha value is -1.79. The van der Waals surface area contributed by atoms with E-state index in [-0.39, 0.29) is 24.8 Å². The van der Waals surface area contributed by atoms with Gasteiger partial charge < -0.3 is 14.8 Å². The quantitative estimate of drug-likeness (QED) is 0.681. The molecule has 0 amide bonds. The summed E-state index contributed by atoms with van der Waals surface area (Å²) in [7, 11) is 2.86. The molecule has 5 atom stereocenters. The molecule has 0 radical (unpaired) electrons. The van der Waals surface area contributed by atoms with Crippen LogP contribution in [0.15, 0.2) is 30.3 Å². The number of nitrogens with one attached hydrogen (secondary N) is 1. The number of esters is 1. The lowest BCUT2D eigenvalue weighted by molar-refractivity contribution is -0.148. The smallest absolute Gasteiger partial charge is 0.309 e. The van der Waals surface area contributed by atoms with E-state index in [0.29, 0.717) is 12.8 Å². The normalized spacial score (nSPS) is 23.2. The predicted molar refractivity (Wildman–Crippen MR) is 96.5 cm³/mol. The number of Topliss-reactive ketones (excluding diaryl/α,β-unsaturated/α-hetero) is 1. The maximum Gasteiger partial charge on any atom is 0.309 e. The molecule has 1 aromatic rings. The van der Waals surface area contributed by atoms with Crippen molar-refractivity contribution in [2.45, 2.75) is 44.5 Å². The van der Waals surface area contributed by atoms with Gasteiger partial charge in [0.2, 0.25) is 0 Å². The van der Waals surface area contributed by atoms with Crippen molar-refractivity contribution in [3.63, 3.8) is 0 Å². The van der Waals surface area contributed by atoms with E-state index < -0.39 is 30.1 Å². The first kappa shape index (κ1) is 20.5. The maximum absolute atomic E-state index is 13.5. The summed E-state index contributed by atoms with van der Waals surface area (Å²) in [6.07, 6.45) is -0.480. The third kappa shape index (κ3) is 5.35. The van der Waals surface area contributed by atoms with Crippen molar-refractivity contribution in [2.24, 2.45) is 11.8 Å². The van der Waals surface area contributed by atoms with Crippen LogP contribution in [0, 0.1) is 11.8 Å². The molecule has 0 unspecified atom stereocenters. The fourth-order valence-corrected chi connectivity index (χ4v) is 3.60. The van der Waals surface area contributed by atoms with Gasteiger partial charge in [0.25, 0.3) is 0 Å². The van der Waals surface area contributed by atoms with Crippen molar-refractivity contribution in [3.05, 3.63) is 35.9 Å². The molecule has 26 heavy (non-hydrogen) atoms. The first-order valence-electron chi connectivity index (χ1n) is 9.01. The second kappa shape index (κ2) is 9.78. The number of carbonyl (C=O) groups excluding carboxylic acids is 2. The van der Waals surface area contributed by atoms with Crippen LogP contribution in [0.3, 0.4) is 0 Å². The van der Waals surface area contributed by atoms with Crippen LogP contribution in [0.1, 0.15) is 25.3 Å². The lowest BCUT2D eigenvalue weighted by Gasteiger charge is -2.28. The van der Waals surface area contributed by atoms with Gasteiger partial charge in [0.05, 0.1) is 19.1 Å². The molecule has 1 aliphatic rings. The molecule has 0 spiro atoms. The Morgan fingerprint density at radius 3 is 2.50 bits per heavy atom. The highest BCUT2D eigenvalue weighted by molar-refractivity contribution is 5.86. The second-order valence-corrected chi connectivity index (χ2v) is 6.92. The van der Waals surface area contributed by atoms with Crippen molar-refractivity contribution in [2.75, 3.05) is 20.8 Å². The highest BCUT2D eigenvalue weighted by atomic mass is 19.1. The predicted octanol–water partition coefficient (Wildman–Crippen LogP) is 2.33. The van der Waals surface area contributed by atoms with Gasteiger partial charge >= 0.3 is 5.97 Å². The summed E-state index contributed by atoms with van der Waals surface area (Å²) in [5.41, 5.74) is 0.976. The molecular formula is C20H28FNO4. The first-order valence-corrected chi connectivity index (χ1v) is 9.01. The second-order valence-electron chi connectivity index (χ2n) is 6.92. The minimum atomic E-state index is -0.916. The topological polar surface area (TPSA) is 64.6 Å². The molecule has 1 saturated heterocycles. The molecule has 5 nitrogen and oxygen atoms in total. The summed E-state index contributed by atoms with van der Waals surface area (Å²) in [6.45, 7) is 2.06. The number of rotatable bonds is 9. The fraction of sp³-hybridized carbons (Fsp3) is 0.600. The van der Waals surface area contributed by atoms with E-state index in [2.05, 4.69) is 5.32 Å². The van der Waals surface area contributed by atoms with E-state index in [4.69, 9.17) is 9.47 Å². The SMILES string of the molecule is COC(=O)[C@@H](CC(=O)[C@H](C)[C@@H](OC)[C@@H]1C[C@H](F)CN1)Cc1ccccc1. The number of hydrogen-bond acceptors (Lipinski definition) is 5. The van der Waals surface area contributed by atoms with Gasteiger partial charge in [-0.3, -0.25) is 9.59 Å². The maximum atomic E-state index is 13.5. The van der Waals surface area contributed by atoms with E-state index in [1.807, 2.05) is 30.3 Å². The lowest BCUT2D eigenvalue weighted by Crippen LogP contribution is -2.43. The van der Waals surface area contributed by atoms with Gasteiger partial charge in [-0.1, -0.05) is 37.3 Å². The third-order valence-electron chi connectivity index (χ3n) is 5.09. The average Bonchev–Trinajstić information content (AvgIpc) is 3.07. The highest BCUT2D eigenvalue weighted by Gasteiger charge is 2.37. The Morgan fingerprint density at radius 1 is 1.27 bits per heavy atom. The van der Waals surface area contributed by atoms with Gasteiger partial charge in [-0.2, -0.15) is 0 Å². The average molecular weight is 365 g/mol. The number of alkyl halides is 1. The van der Waals surface area contributed by atoms with Gasteiger partial charge in [-0.15, -0.1) is 0 Å². The zero-order valence-electron chi connectivity index (χ0n) is 15.6. The molecule has 1 N–H and O–H groups in total. The van der Waals surface area contributed by atoms with Gasteiger partial charge in [0.15, 0.2) is 0 Å². The summed E-state index contributed by atoms with van der Waals surface area (Å²) in [5.74, 6) is -1.45. The van der Waals surface area contributed by atoms with Crippen LogP contribution in [0.25, 0.3) is 0 Å². The Labute approximate surface area is 154 Å². The largest absolute Gasteiger partial charge is 0.469 e. The van der Waals surface area contributed by atoms with Crippen LogP contribution >= 0.6 is 0 Å². The molecule has 144 valence electrons. The van der Waals surface area contributed by atoms with E-state index in [0.717, 1.165) is 5.56 Å². The minimum Gasteiger partial charge on any atom is -0.469 e. The molecule has 0 bridgehead atoms. The Kier molecular flexibility index (Phi) is 7.72. The molecule has 1 fully saturated rings. The molecule has 2 rings (SSSR count). The first-order chi connectivity index (χ1) is 12.5. The molecule has 0 aromatic heterocycles. The summed E-state index contributed by atoms with van der Waals surface area (Å²) >= 11 is 0. The zero-order valence-corrected chi connectivity index (χ0v) is 15.6. The summed E-state index contributed by atoms with van der Waals surface area (Å²) < 4.78 is 23.8. The van der Waals surface area contributed by atoms with Crippen molar-refractivity contribution < 1.29 is 23.5 Å². The van der Waals surface area contributed by atoms with Gasteiger partial charge in [-0.25, -0.2) is 4.39 Å². The molecule has 0 aliphatic carbocycles. The van der Waals surface area contributed by atoms with Crippen molar-refractivity contribution in [1.29, 1.82) is 0 Å². The number of methoxy groups -OCH3 is 2. The Balaban J connectivity index is 2.03. The Bertz CT molecular complexity index is 595. The van der Waals surface area contributed by atoms with Gasteiger partial charge in [0.1, 0.15) is 12.0 Å². The van der Waals surface area contributed by atoms with Crippen LogP contribution in [-0.2, 0) is 25.5 Å². The molecule has 1 aliphatic heterocycles. The summed E-state index contributed by atoms with van der Waals surface area (Å²) in [4.78, 5) is 24.9. The van der Waals surface area contributed by atoms with Crippen LogP contribution in [0.2, 0.25) is 0 Å². The zero-order chi connectivity index (χ0) is 19.1. The van der Waals surface area contributed by atoms with Crippen LogP contribution in [0.4, 0.5) is 4.39 Å². The highest BCUT2D eigenvalue weighted by Crippen LogP contribution is 2.24. The van der Waals surface area contributed by atoms with Gasteiger partial charge in [-0.05, 0) is 18.4 Å². The van der Waals surface area contributed by atoms with Crippen molar-refractivity contribution in [1.82, 2.24) is 5.32 Å². The van der Waals surface area contributed by atoms with Crippen LogP contribution in [-0.4, -0.2) is 50.8 Å². The number of benzene rings is 1. The standard InChI is InChI=1S/C20H28FNO4/c1-13(19(25-2)17-11-16(21)12-22-17)18(23)10-15(20(24)26-3)9-14-7-5-4-6-8-14/h4-8,13,15-17,19,22H,9-12H2,1-3H3/t13-,15+,16-,17-,19+/m0/s1. The number of ketones is 1. The molecule has 1 heterocycles. The fourth-order valence-electron chi connectivity index (χ4n) is 3.60. The molecular weight excluding hydrogens is 337 g/mol. The van der Waals surface area contributed by atoms with E-state index in [1.165, 1.54) is 14.2 Å². The van der Waals surface area contributed by atoms with Crippen LogP contribution < -0.4 is 5.32 Å². The number of carbonyl (C=O) groups is 2. The minimum absolute atomic E-state index is 0.0766. The van der Waals surface area contributed by atoms with Crippen molar-refractivity contribution in [3.8, 4) is 0 Å². The van der Waals surface area contributed by atoms with E-state index in [9.17, 15) is 14.0 Å². The third-order valence-corrected chi connectivity index (χ3v) is 5.09. The van der Waals surface area contributed by atoms with Crippen molar-refractivity contribution >= 4 is 11.8 Å². The number of ether oxygens (including phenoxy) is 2. The monoisotopic (exact) mass is 365 g/mol. The van der Waals surface area contributed by atoms with Gasteiger partial charge in [0, 0.05) is 32.0 Å².